The first-order valence-corrected chi connectivity index (χ1v) is 7.36. The second-order valence-electron chi connectivity index (χ2n) is 3.58. The molecule has 0 amide bonds. The van der Waals surface area contributed by atoms with Gasteiger partial charge in [-0.3, -0.25) is 0 Å². The topological polar surface area (TPSA) is 59.9 Å². The summed E-state index contributed by atoms with van der Waals surface area (Å²) in [5.41, 5.74) is 0.669. The Morgan fingerprint density at radius 2 is 1.52 bits per heavy atom. The zero-order chi connectivity index (χ0) is 15.7. The summed E-state index contributed by atoms with van der Waals surface area (Å²) in [6.07, 6.45) is 0. The lowest BCUT2D eigenvalue weighted by molar-refractivity contribution is 0.162. The van der Waals surface area contributed by atoms with Crippen LogP contribution in [0.1, 0.15) is 13.8 Å². The Bertz CT molecular complexity index is 547. The normalized spacial score (nSPS) is 9.76. The van der Waals surface area contributed by atoms with Gasteiger partial charge in [0.2, 0.25) is 16.5 Å². The minimum Gasteiger partial charge on any atom is -0.382 e. The predicted octanol–water partition coefficient (Wildman–Crippen LogP) is 4.62. The number of para-hydroxylation sites is 1. The number of rotatable bonds is 4. The first-order valence-electron chi connectivity index (χ1n) is 6.23. The average Bonchev–Trinajstić information content (AvgIpc) is 2.42. The summed E-state index contributed by atoms with van der Waals surface area (Å²) in [6, 6.07) is 7.18. The van der Waals surface area contributed by atoms with Crippen LogP contribution >= 0.6 is 34.8 Å². The fourth-order valence-corrected chi connectivity index (χ4v) is 1.82. The highest BCUT2D eigenvalue weighted by Crippen LogP contribution is 2.23. The molecule has 2 aromatic rings. The molecular formula is C13H15Cl3N4O. The van der Waals surface area contributed by atoms with Gasteiger partial charge in [0.15, 0.2) is 0 Å². The average molecular weight is 350 g/mol. The van der Waals surface area contributed by atoms with Crippen molar-refractivity contribution in [1.29, 1.82) is 0 Å². The van der Waals surface area contributed by atoms with Crippen LogP contribution in [0.4, 0.5) is 11.6 Å². The fraction of sp³-hybridized carbons (Fsp3) is 0.308. The van der Waals surface area contributed by atoms with E-state index in [-0.39, 0.29) is 16.5 Å². The highest BCUT2D eigenvalue weighted by atomic mass is 35.5. The number of benzene rings is 1. The molecule has 0 unspecified atom stereocenters. The molecule has 0 aliphatic carbocycles. The van der Waals surface area contributed by atoms with Crippen molar-refractivity contribution in [3.05, 3.63) is 39.9 Å². The van der Waals surface area contributed by atoms with Crippen LogP contribution in [0.25, 0.3) is 0 Å². The standard InChI is InChI=1S/C9H5Cl3N4.C4H10O/c10-5-3-1-2-4-6(5)13-9-15-7(11)14-8(12)16-9;1-3-5-4-2/h1-4H,(H,13,14,15,16);3-4H2,1-2H3. The second-order valence-corrected chi connectivity index (χ2v) is 4.67. The van der Waals surface area contributed by atoms with E-state index in [4.69, 9.17) is 39.5 Å². The van der Waals surface area contributed by atoms with Gasteiger partial charge in [-0.2, -0.15) is 15.0 Å². The Hall–Kier alpha value is -1.14. The molecule has 0 radical (unpaired) electrons. The third-order valence-corrected chi connectivity index (χ3v) is 2.78. The number of aromatic nitrogens is 3. The summed E-state index contributed by atoms with van der Waals surface area (Å²) in [6.45, 7) is 5.67. The van der Waals surface area contributed by atoms with Gasteiger partial charge in [-0.1, -0.05) is 23.7 Å². The van der Waals surface area contributed by atoms with Crippen molar-refractivity contribution in [3.63, 3.8) is 0 Å². The molecule has 5 nitrogen and oxygen atoms in total. The van der Waals surface area contributed by atoms with Crippen LogP contribution in [0, 0.1) is 0 Å². The molecule has 0 atom stereocenters. The summed E-state index contributed by atoms with van der Waals surface area (Å²) in [4.78, 5) is 11.4. The summed E-state index contributed by atoms with van der Waals surface area (Å²) in [5.74, 6) is 0.248. The smallest absolute Gasteiger partial charge is 0.232 e. The molecule has 1 N–H and O–H groups in total. The lowest BCUT2D eigenvalue weighted by Gasteiger charge is -2.06. The molecule has 0 aliphatic heterocycles. The van der Waals surface area contributed by atoms with Gasteiger partial charge in [0.05, 0.1) is 10.7 Å². The van der Waals surface area contributed by atoms with Crippen LogP contribution in [0.15, 0.2) is 24.3 Å². The Morgan fingerprint density at radius 3 is 2.00 bits per heavy atom. The molecule has 8 heteroatoms. The molecule has 0 saturated heterocycles. The third-order valence-electron chi connectivity index (χ3n) is 2.11. The van der Waals surface area contributed by atoms with E-state index in [0.29, 0.717) is 10.7 Å². The van der Waals surface area contributed by atoms with Gasteiger partial charge in [-0.15, -0.1) is 0 Å². The Labute approximate surface area is 138 Å². The Morgan fingerprint density at radius 1 is 0.952 bits per heavy atom. The number of anilines is 2. The maximum absolute atomic E-state index is 5.95. The van der Waals surface area contributed by atoms with E-state index in [9.17, 15) is 0 Å². The number of nitrogens with zero attached hydrogens (tertiary/aromatic N) is 3. The van der Waals surface area contributed by atoms with E-state index in [1.165, 1.54) is 0 Å². The Balaban J connectivity index is 0.000000383. The van der Waals surface area contributed by atoms with Crippen molar-refractivity contribution in [2.24, 2.45) is 0 Å². The minimum absolute atomic E-state index is 0.0227. The van der Waals surface area contributed by atoms with Gasteiger partial charge in [0.25, 0.3) is 0 Å². The van der Waals surface area contributed by atoms with Gasteiger partial charge in [-0.25, -0.2) is 0 Å². The van der Waals surface area contributed by atoms with Crippen molar-refractivity contribution in [2.75, 3.05) is 18.5 Å². The van der Waals surface area contributed by atoms with E-state index >= 15 is 0 Å². The number of hydrogen-bond donors (Lipinski definition) is 1. The van der Waals surface area contributed by atoms with E-state index in [1.54, 1.807) is 12.1 Å². The summed E-state index contributed by atoms with van der Waals surface area (Å²) >= 11 is 17.2. The van der Waals surface area contributed by atoms with Gasteiger partial charge < -0.3 is 10.1 Å². The van der Waals surface area contributed by atoms with Gasteiger partial charge in [0, 0.05) is 13.2 Å². The first-order chi connectivity index (χ1) is 10.1. The molecule has 0 bridgehead atoms. The van der Waals surface area contributed by atoms with E-state index in [2.05, 4.69) is 20.3 Å². The van der Waals surface area contributed by atoms with Crippen molar-refractivity contribution in [2.45, 2.75) is 13.8 Å². The van der Waals surface area contributed by atoms with Crippen molar-refractivity contribution < 1.29 is 4.74 Å². The minimum atomic E-state index is 0.0227. The molecule has 0 spiro atoms. The molecule has 114 valence electrons. The molecule has 1 heterocycles. The summed E-state index contributed by atoms with van der Waals surface area (Å²) in [5, 5.41) is 3.49. The van der Waals surface area contributed by atoms with Crippen molar-refractivity contribution in [1.82, 2.24) is 15.0 Å². The van der Waals surface area contributed by atoms with Crippen molar-refractivity contribution in [3.8, 4) is 0 Å². The molecule has 1 aromatic carbocycles. The second kappa shape index (κ2) is 9.73. The molecule has 2 rings (SSSR count). The molecule has 21 heavy (non-hydrogen) atoms. The zero-order valence-electron chi connectivity index (χ0n) is 11.6. The quantitative estimate of drug-likeness (QED) is 0.873. The van der Waals surface area contributed by atoms with Gasteiger partial charge >= 0.3 is 0 Å². The van der Waals surface area contributed by atoms with Crippen LogP contribution < -0.4 is 5.32 Å². The Kier molecular flexibility index (Phi) is 8.30. The highest BCUT2D eigenvalue weighted by Gasteiger charge is 2.05. The number of nitrogens with one attached hydrogen (secondary N) is 1. The van der Waals surface area contributed by atoms with Crippen LogP contribution in [0.5, 0.6) is 0 Å². The molecular weight excluding hydrogens is 335 g/mol. The zero-order valence-corrected chi connectivity index (χ0v) is 13.9. The van der Waals surface area contributed by atoms with Crippen LogP contribution in [-0.2, 0) is 4.74 Å². The summed E-state index contributed by atoms with van der Waals surface area (Å²) < 4.78 is 4.83. The predicted molar refractivity (Wildman–Crippen MR) is 86.7 cm³/mol. The van der Waals surface area contributed by atoms with E-state index < -0.39 is 0 Å². The third kappa shape index (κ3) is 6.91. The number of hydrogen-bond acceptors (Lipinski definition) is 5. The largest absolute Gasteiger partial charge is 0.382 e. The van der Waals surface area contributed by atoms with Crippen LogP contribution in [0.2, 0.25) is 15.6 Å². The first kappa shape index (κ1) is 17.9. The van der Waals surface area contributed by atoms with Gasteiger partial charge in [0.1, 0.15) is 0 Å². The van der Waals surface area contributed by atoms with E-state index in [1.807, 2.05) is 26.0 Å². The monoisotopic (exact) mass is 348 g/mol. The summed E-state index contributed by atoms with van der Waals surface area (Å²) in [7, 11) is 0. The SMILES string of the molecule is CCOCC.Clc1nc(Cl)nc(Nc2ccccc2Cl)n1. The maximum atomic E-state index is 5.95. The van der Waals surface area contributed by atoms with Crippen molar-refractivity contribution >= 4 is 46.4 Å². The lowest BCUT2D eigenvalue weighted by Crippen LogP contribution is -1.99. The molecule has 0 aliphatic rings. The fourth-order valence-electron chi connectivity index (χ4n) is 1.27. The molecule has 0 saturated carbocycles. The van der Waals surface area contributed by atoms with Crippen LogP contribution in [-0.4, -0.2) is 28.2 Å². The molecule has 0 fully saturated rings. The maximum Gasteiger partial charge on any atom is 0.232 e. The number of ether oxygens (including phenoxy) is 1. The lowest BCUT2D eigenvalue weighted by atomic mass is 10.3. The van der Waals surface area contributed by atoms with Gasteiger partial charge in [-0.05, 0) is 49.2 Å². The van der Waals surface area contributed by atoms with Crippen LogP contribution in [0.3, 0.4) is 0 Å². The highest BCUT2D eigenvalue weighted by molar-refractivity contribution is 6.33. The van der Waals surface area contributed by atoms with E-state index in [0.717, 1.165) is 13.2 Å². The number of halogens is 3. The molecule has 1 aromatic heterocycles.